The third-order valence-corrected chi connectivity index (χ3v) is 4.80. The predicted molar refractivity (Wildman–Crippen MR) is 80.4 cm³/mol. The van der Waals surface area contributed by atoms with E-state index in [1.165, 1.54) is 12.1 Å². The lowest BCUT2D eigenvalue weighted by molar-refractivity contribution is -0.274. The summed E-state index contributed by atoms with van der Waals surface area (Å²) in [6, 6.07) is 5.92. The first-order chi connectivity index (χ1) is 11.3. The molecule has 24 heavy (non-hydrogen) atoms. The number of rotatable bonds is 5. The molecular weight excluding hydrogens is 323 g/mol. The zero-order chi connectivity index (χ0) is 17.4. The summed E-state index contributed by atoms with van der Waals surface area (Å²) in [5.41, 5.74) is -0.438. The Labute approximate surface area is 138 Å². The summed E-state index contributed by atoms with van der Waals surface area (Å²) in [5, 5.41) is 13.0. The number of aliphatic hydroxyl groups is 1. The van der Waals surface area contributed by atoms with Crippen molar-refractivity contribution < 1.29 is 27.8 Å². The second kappa shape index (κ2) is 6.27. The van der Waals surface area contributed by atoms with E-state index in [4.69, 9.17) is 0 Å². The topological polar surface area (TPSA) is 58.6 Å². The summed E-state index contributed by atoms with van der Waals surface area (Å²) in [6.45, 7) is 0.204. The van der Waals surface area contributed by atoms with Crippen molar-refractivity contribution in [2.45, 2.75) is 50.0 Å². The summed E-state index contributed by atoms with van der Waals surface area (Å²) < 4.78 is 41.5. The van der Waals surface area contributed by atoms with E-state index in [0.29, 0.717) is 24.8 Å². The van der Waals surface area contributed by atoms with Crippen molar-refractivity contribution >= 4 is 5.91 Å². The molecular formula is C17H20F3NO3. The van der Waals surface area contributed by atoms with E-state index >= 15 is 0 Å². The summed E-state index contributed by atoms with van der Waals surface area (Å²) >= 11 is 0. The van der Waals surface area contributed by atoms with Crippen LogP contribution in [0.4, 0.5) is 13.2 Å². The van der Waals surface area contributed by atoms with Gasteiger partial charge in [-0.05, 0) is 36.8 Å². The number of hydrogen-bond acceptors (Lipinski definition) is 3. The van der Waals surface area contributed by atoms with Gasteiger partial charge in [0.1, 0.15) is 5.75 Å². The van der Waals surface area contributed by atoms with E-state index < -0.39 is 12.0 Å². The van der Waals surface area contributed by atoms with Gasteiger partial charge in [0.25, 0.3) is 0 Å². The molecule has 2 unspecified atom stereocenters. The Morgan fingerprint density at radius 3 is 2.62 bits per heavy atom. The van der Waals surface area contributed by atoms with Gasteiger partial charge >= 0.3 is 6.36 Å². The van der Waals surface area contributed by atoms with Crippen molar-refractivity contribution in [2.24, 2.45) is 5.92 Å². The van der Waals surface area contributed by atoms with Gasteiger partial charge in [-0.25, -0.2) is 0 Å². The van der Waals surface area contributed by atoms with Gasteiger partial charge in [0.15, 0.2) is 0 Å². The quantitative estimate of drug-likeness (QED) is 0.864. The average Bonchev–Trinajstić information content (AvgIpc) is 3.18. The van der Waals surface area contributed by atoms with E-state index in [9.17, 15) is 23.1 Å². The molecule has 1 aromatic carbocycles. The molecule has 0 bridgehead atoms. The molecule has 2 saturated carbocycles. The van der Waals surface area contributed by atoms with Gasteiger partial charge in [0, 0.05) is 12.5 Å². The maximum Gasteiger partial charge on any atom is 0.573 e. The van der Waals surface area contributed by atoms with Crippen molar-refractivity contribution in [1.29, 1.82) is 0 Å². The smallest absolute Gasteiger partial charge is 0.405 e. The highest BCUT2D eigenvalue weighted by atomic mass is 19.4. The van der Waals surface area contributed by atoms with E-state index in [-0.39, 0.29) is 30.0 Å². The number of nitrogens with one attached hydrogen (secondary N) is 1. The molecule has 0 aliphatic heterocycles. The van der Waals surface area contributed by atoms with Gasteiger partial charge in [0.2, 0.25) is 5.91 Å². The van der Waals surface area contributed by atoms with E-state index in [1.54, 1.807) is 12.1 Å². The molecule has 2 aliphatic rings. The van der Waals surface area contributed by atoms with Crippen LogP contribution in [0.15, 0.2) is 24.3 Å². The molecule has 0 radical (unpaired) electrons. The Hall–Kier alpha value is -1.76. The van der Waals surface area contributed by atoms with Gasteiger partial charge in [-0.2, -0.15) is 0 Å². The number of benzene rings is 1. The number of amides is 1. The largest absolute Gasteiger partial charge is 0.573 e. The molecule has 2 aliphatic carbocycles. The molecule has 2 N–H and O–H groups in total. The Balaban J connectivity index is 1.60. The Morgan fingerprint density at radius 1 is 1.29 bits per heavy atom. The van der Waals surface area contributed by atoms with Crippen LogP contribution in [0, 0.1) is 5.92 Å². The van der Waals surface area contributed by atoms with Gasteiger partial charge in [-0.1, -0.05) is 31.0 Å². The maximum atomic E-state index is 12.5. The number of para-hydroxylation sites is 1. The number of carbonyl (C=O) groups excluding carboxylic acids is 1. The minimum atomic E-state index is -4.76. The van der Waals surface area contributed by atoms with Gasteiger partial charge in [-0.15, -0.1) is 13.2 Å². The zero-order valence-electron chi connectivity index (χ0n) is 13.1. The Kier molecular flexibility index (Phi) is 4.46. The second-order valence-electron chi connectivity index (χ2n) is 6.68. The number of carbonyl (C=O) groups is 1. The monoisotopic (exact) mass is 343 g/mol. The van der Waals surface area contributed by atoms with Crippen LogP contribution in [-0.4, -0.2) is 29.5 Å². The van der Waals surface area contributed by atoms with E-state index in [0.717, 1.165) is 12.8 Å². The first-order valence-electron chi connectivity index (χ1n) is 8.12. The Morgan fingerprint density at radius 2 is 1.96 bits per heavy atom. The van der Waals surface area contributed by atoms with Crippen molar-refractivity contribution in [1.82, 2.24) is 5.32 Å². The molecule has 0 spiro atoms. The molecule has 0 aromatic heterocycles. The van der Waals surface area contributed by atoms with Crippen molar-refractivity contribution in [3.63, 3.8) is 0 Å². The fraction of sp³-hybridized carbons (Fsp3) is 0.588. The molecule has 1 amide bonds. The highest BCUT2D eigenvalue weighted by Crippen LogP contribution is 2.51. The van der Waals surface area contributed by atoms with E-state index in [2.05, 4.69) is 10.1 Å². The summed E-state index contributed by atoms with van der Waals surface area (Å²) in [6.07, 6.45) is -1.04. The van der Waals surface area contributed by atoms with Crippen LogP contribution in [0.1, 0.15) is 43.6 Å². The molecule has 7 heteroatoms. The van der Waals surface area contributed by atoms with Crippen LogP contribution < -0.4 is 10.1 Å². The third-order valence-electron chi connectivity index (χ3n) is 4.80. The van der Waals surface area contributed by atoms with Crippen molar-refractivity contribution in [3.05, 3.63) is 29.8 Å². The first kappa shape index (κ1) is 17.1. The highest BCUT2D eigenvalue weighted by molar-refractivity contribution is 5.83. The Bertz CT molecular complexity index is 611. The highest BCUT2D eigenvalue weighted by Gasteiger charge is 2.46. The molecule has 132 valence electrons. The SMILES string of the molecule is O=C(NCC1(O)CCCC1)C1CC1c1ccccc1OC(F)(F)F. The van der Waals surface area contributed by atoms with Crippen LogP contribution in [-0.2, 0) is 4.79 Å². The van der Waals surface area contributed by atoms with Crippen molar-refractivity contribution in [2.75, 3.05) is 6.54 Å². The van der Waals surface area contributed by atoms with Gasteiger partial charge < -0.3 is 15.2 Å². The lowest BCUT2D eigenvalue weighted by Gasteiger charge is -2.22. The van der Waals surface area contributed by atoms with Crippen LogP contribution in [0.2, 0.25) is 0 Å². The standard InChI is InChI=1S/C17H20F3NO3/c18-17(19,20)24-14-6-2-1-5-11(14)12-9-13(12)15(22)21-10-16(23)7-3-4-8-16/h1-2,5-6,12-13,23H,3-4,7-10H2,(H,21,22). The maximum absolute atomic E-state index is 12.5. The predicted octanol–water partition coefficient (Wildman–Crippen LogP) is 3.11. The molecule has 2 atom stereocenters. The zero-order valence-corrected chi connectivity index (χ0v) is 13.1. The van der Waals surface area contributed by atoms with Gasteiger partial charge in [-0.3, -0.25) is 4.79 Å². The minimum Gasteiger partial charge on any atom is -0.405 e. The second-order valence-corrected chi connectivity index (χ2v) is 6.68. The average molecular weight is 343 g/mol. The lowest BCUT2D eigenvalue weighted by Crippen LogP contribution is -2.41. The first-order valence-corrected chi connectivity index (χ1v) is 8.12. The minimum absolute atomic E-state index is 0.204. The number of alkyl halides is 3. The molecule has 1 aromatic rings. The molecule has 0 heterocycles. The lowest BCUT2D eigenvalue weighted by atomic mass is 10.0. The van der Waals surface area contributed by atoms with Crippen LogP contribution in [0.3, 0.4) is 0 Å². The fourth-order valence-electron chi connectivity index (χ4n) is 3.43. The summed E-state index contributed by atoms with van der Waals surface area (Å²) in [5.74, 6) is -1.11. The van der Waals surface area contributed by atoms with Crippen LogP contribution in [0.25, 0.3) is 0 Å². The van der Waals surface area contributed by atoms with Gasteiger partial charge in [0.05, 0.1) is 5.60 Å². The molecule has 3 rings (SSSR count). The number of halogens is 3. The molecule has 0 saturated heterocycles. The van der Waals surface area contributed by atoms with Crippen LogP contribution in [0.5, 0.6) is 5.75 Å². The third kappa shape index (κ3) is 4.01. The van der Waals surface area contributed by atoms with Crippen LogP contribution >= 0.6 is 0 Å². The van der Waals surface area contributed by atoms with E-state index in [1.807, 2.05) is 0 Å². The van der Waals surface area contributed by atoms with Crippen molar-refractivity contribution in [3.8, 4) is 5.75 Å². The molecule has 2 fully saturated rings. The fourth-order valence-corrected chi connectivity index (χ4v) is 3.43. The normalized spacial score (nSPS) is 25.3. The number of hydrogen-bond donors (Lipinski definition) is 2. The number of ether oxygens (including phenoxy) is 1. The molecule has 4 nitrogen and oxygen atoms in total. The summed E-state index contributed by atoms with van der Waals surface area (Å²) in [4.78, 5) is 12.2. The summed E-state index contributed by atoms with van der Waals surface area (Å²) in [7, 11) is 0.